The molecule has 0 radical (unpaired) electrons. The van der Waals surface area contributed by atoms with Crippen LogP contribution in [0.5, 0.6) is 0 Å². The number of carboxylic acid groups (broad SMARTS) is 1. The van der Waals surface area contributed by atoms with Crippen molar-refractivity contribution >= 4 is 28.9 Å². The van der Waals surface area contributed by atoms with Crippen LogP contribution in [0.2, 0.25) is 0 Å². The number of rotatable bonds is 13. The zero-order valence-electron chi connectivity index (χ0n) is 18.1. The summed E-state index contributed by atoms with van der Waals surface area (Å²) in [5, 5.41) is 23.4. The summed E-state index contributed by atoms with van der Waals surface area (Å²) in [6.45, 7) is 7.57. The van der Waals surface area contributed by atoms with Gasteiger partial charge in [0.05, 0.1) is 17.8 Å². The summed E-state index contributed by atoms with van der Waals surface area (Å²) in [7, 11) is 0. The Balaban J connectivity index is 1.81. The number of carboxylic acids is 1. The van der Waals surface area contributed by atoms with Crippen molar-refractivity contribution in [2.75, 3.05) is 31.5 Å². The SMILES string of the molecule is CCN(CC)CCCN[C@H](CC(=O)Nc1ccc(N=Nc2ccccc2)cc1)C(=O)O. The molecule has 0 bridgehead atoms. The molecule has 0 saturated heterocycles. The summed E-state index contributed by atoms with van der Waals surface area (Å²) in [6.07, 6.45) is 0.683. The quantitative estimate of drug-likeness (QED) is 0.329. The van der Waals surface area contributed by atoms with Crippen LogP contribution in [0.1, 0.15) is 26.7 Å². The molecular formula is C23H31N5O3. The predicted octanol–water partition coefficient (Wildman–Crippen LogP) is 4.21. The van der Waals surface area contributed by atoms with Crippen LogP contribution in [0.3, 0.4) is 0 Å². The molecule has 2 rings (SSSR count). The van der Waals surface area contributed by atoms with Crippen LogP contribution in [0.15, 0.2) is 64.8 Å². The number of carbonyl (C=O) groups excluding carboxylic acids is 1. The van der Waals surface area contributed by atoms with Gasteiger partial charge in [-0.1, -0.05) is 32.0 Å². The number of hydrogen-bond donors (Lipinski definition) is 3. The Morgan fingerprint density at radius 3 is 2.16 bits per heavy atom. The maximum Gasteiger partial charge on any atom is 0.321 e. The second kappa shape index (κ2) is 13.3. The second-order valence-corrected chi connectivity index (χ2v) is 7.06. The molecule has 31 heavy (non-hydrogen) atoms. The van der Waals surface area contributed by atoms with E-state index in [-0.39, 0.29) is 12.3 Å². The molecule has 3 N–H and O–H groups in total. The Labute approximate surface area is 183 Å². The lowest BCUT2D eigenvalue weighted by Gasteiger charge is -2.19. The molecule has 1 atom stereocenters. The van der Waals surface area contributed by atoms with Gasteiger partial charge in [-0.15, -0.1) is 0 Å². The maximum absolute atomic E-state index is 12.3. The molecule has 2 aromatic carbocycles. The van der Waals surface area contributed by atoms with E-state index < -0.39 is 12.0 Å². The van der Waals surface area contributed by atoms with Crippen molar-refractivity contribution in [2.24, 2.45) is 10.2 Å². The summed E-state index contributed by atoms with van der Waals surface area (Å²) in [5.74, 6) is -1.39. The van der Waals surface area contributed by atoms with Crippen molar-refractivity contribution in [3.05, 3.63) is 54.6 Å². The number of nitrogens with zero attached hydrogens (tertiary/aromatic N) is 3. The maximum atomic E-state index is 12.3. The van der Waals surface area contributed by atoms with E-state index in [2.05, 4.69) is 39.6 Å². The zero-order valence-corrected chi connectivity index (χ0v) is 18.1. The fourth-order valence-electron chi connectivity index (χ4n) is 2.98. The van der Waals surface area contributed by atoms with Crippen LogP contribution in [0.4, 0.5) is 17.1 Å². The number of hydrogen-bond acceptors (Lipinski definition) is 6. The smallest absolute Gasteiger partial charge is 0.321 e. The molecule has 8 nitrogen and oxygen atoms in total. The minimum atomic E-state index is -1.03. The Morgan fingerprint density at radius 2 is 1.58 bits per heavy atom. The molecule has 0 unspecified atom stereocenters. The van der Waals surface area contributed by atoms with Gasteiger partial charge in [-0.2, -0.15) is 10.2 Å². The predicted molar refractivity (Wildman–Crippen MR) is 122 cm³/mol. The number of nitrogens with one attached hydrogen (secondary N) is 2. The third-order valence-corrected chi connectivity index (χ3v) is 4.81. The first kappa shape index (κ1) is 24.2. The monoisotopic (exact) mass is 425 g/mol. The molecule has 0 aliphatic rings. The molecular weight excluding hydrogens is 394 g/mol. The van der Waals surface area contributed by atoms with Gasteiger partial charge in [-0.25, -0.2) is 0 Å². The fourth-order valence-corrected chi connectivity index (χ4v) is 2.98. The highest BCUT2D eigenvalue weighted by atomic mass is 16.4. The third kappa shape index (κ3) is 9.06. The van der Waals surface area contributed by atoms with E-state index in [1.54, 1.807) is 24.3 Å². The lowest BCUT2D eigenvalue weighted by molar-refractivity contribution is -0.141. The van der Waals surface area contributed by atoms with E-state index in [9.17, 15) is 14.7 Å². The number of carbonyl (C=O) groups is 2. The molecule has 8 heteroatoms. The summed E-state index contributed by atoms with van der Waals surface area (Å²) >= 11 is 0. The van der Waals surface area contributed by atoms with Gasteiger partial charge in [0.15, 0.2) is 0 Å². The molecule has 0 spiro atoms. The fraction of sp³-hybridized carbons (Fsp3) is 0.391. The molecule has 0 aliphatic heterocycles. The molecule has 0 heterocycles. The van der Waals surface area contributed by atoms with Crippen LogP contribution >= 0.6 is 0 Å². The van der Waals surface area contributed by atoms with Gasteiger partial charge in [0.1, 0.15) is 6.04 Å². The Kier molecular flexibility index (Phi) is 10.3. The Morgan fingerprint density at radius 1 is 0.968 bits per heavy atom. The van der Waals surface area contributed by atoms with Crippen molar-refractivity contribution in [3.63, 3.8) is 0 Å². The van der Waals surface area contributed by atoms with E-state index >= 15 is 0 Å². The zero-order chi connectivity index (χ0) is 22.5. The summed E-state index contributed by atoms with van der Waals surface area (Å²) < 4.78 is 0. The van der Waals surface area contributed by atoms with Crippen molar-refractivity contribution in [3.8, 4) is 0 Å². The largest absolute Gasteiger partial charge is 0.480 e. The van der Waals surface area contributed by atoms with E-state index in [0.717, 1.165) is 31.7 Å². The molecule has 0 saturated carbocycles. The number of aliphatic carboxylic acids is 1. The van der Waals surface area contributed by atoms with Crippen LogP contribution in [0.25, 0.3) is 0 Å². The lowest BCUT2D eigenvalue weighted by atomic mass is 10.2. The summed E-state index contributed by atoms with van der Waals surface area (Å²) in [5.41, 5.74) is 1.98. The van der Waals surface area contributed by atoms with Gasteiger partial charge >= 0.3 is 5.97 Å². The second-order valence-electron chi connectivity index (χ2n) is 7.06. The van der Waals surface area contributed by atoms with Crippen LogP contribution in [0, 0.1) is 0 Å². The number of amides is 1. The third-order valence-electron chi connectivity index (χ3n) is 4.81. The average molecular weight is 426 g/mol. The molecule has 0 fully saturated rings. The lowest BCUT2D eigenvalue weighted by Crippen LogP contribution is -2.41. The van der Waals surface area contributed by atoms with E-state index in [1.165, 1.54) is 0 Å². The standard InChI is InChI=1S/C23H31N5O3/c1-3-28(4-2)16-8-15-24-21(23(30)31)17-22(29)25-18-11-13-20(14-12-18)27-26-19-9-6-5-7-10-19/h5-7,9-14,21,24H,3-4,8,15-17H2,1-2H3,(H,25,29)(H,30,31)/t21-/m1/s1. The normalized spacial score (nSPS) is 12.2. The van der Waals surface area contributed by atoms with E-state index in [0.29, 0.717) is 17.9 Å². The van der Waals surface area contributed by atoms with Gasteiger partial charge in [0.2, 0.25) is 5.91 Å². The minimum absolute atomic E-state index is 0.143. The Hall–Kier alpha value is -3.10. The highest BCUT2D eigenvalue weighted by molar-refractivity contribution is 5.94. The minimum Gasteiger partial charge on any atom is -0.480 e. The van der Waals surface area contributed by atoms with Crippen molar-refractivity contribution in [2.45, 2.75) is 32.7 Å². The Bertz CT molecular complexity index is 836. The van der Waals surface area contributed by atoms with Gasteiger partial charge in [0, 0.05) is 5.69 Å². The average Bonchev–Trinajstić information content (AvgIpc) is 2.78. The van der Waals surface area contributed by atoms with Crippen molar-refractivity contribution in [1.82, 2.24) is 10.2 Å². The number of benzene rings is 2. The summed E-state index contributed by atoms with van der Waals surface area (Å²) in [4.78, 5) is 26.0. The van der Waals surface area contributed by atoms with Crippen LogP contribution in [-0.4, -0.2) is 54.1 Å². The van der Waals surface area contributed by atoms with Gasteiger partial charge in [-0.05, 0) is 69.0 Å². The molecule has 2 aromatic rings. The van der Waals surface area contributed by atoms with Gasteiger partial charge in [0.25, 0.3) is 0 Å². The first-order valence-corrected chi connectivity index (χ1v) is 10.6. The highest BCUT2D eigenvalue weighted by Gasteiger charge is 2.20. The van der Waals surface area contributed by atoms with E-state index in [4.69, 9.17) is 0 Å². The molecule has 0 aromatic heterocycles. The van der Waals surface area contributed by atoms with E-state index in [1.807, 2.05) is 30.3 Å². The number of anilines is 1. The molecule has 0 aliphatic carbocycles. The van der Waals surface area contributed by atoms with Gasteiger partial charge < -0.3 is 20.6 Å². The first-order chi connectivity index (χ1) is 15.0. The topological polar surface area (TPSA) is 106 Å². The molecule has 1 amide bonds. The van der Waals surface area contributed by atoms with Crippen molar-refractivity contribution < 1.29 is 14.7 Å². The first-order valence-electron chi connectivity index (χ1n) is 10.6. The molecule has 166 valence electrons. The summed E-state index contributed by atoms with van der Waals surface area (Å²) in [6, 6.07) is 15.4. The van der Waals surface area contributed by atoms with Crippen molar-refractivity contribution in [1.29, 1.82) is 0 Å². The highest BCUT2D eigenvalue weighted by Crippen LogP contribution is 2.20. The van der Waals surface area contributed by atoms with Gasteiger partial charge in [-0.3, -0.25) is 9.59 Å². The van der Waals surface area contributed by atoms with Crippen LogP contribution < -0.4 is 10.6 Å². The van der Waals surface area contributed by atoms with Crippen LogP contribution in [-0.2, 0) is 9.59 Å². The number of azo groups is 1.